The van der Waals surface area contributed by atoms with Gasteiger partial charge < -0.3 is 20.3 Å². The largest absolute Gasteiger partial charge is 0.492 e. The first-order valence-corrected chi connectivity index (χ1v) is 14.8. The Labute approximate surface area is 231 Å². The molecule has 0 radical (unpaired) electrons. The molecule has 0 saturated carbocycles. The summed E-state index contributed by atoms with van der Waals surface area (Å²) in [4.78, 5) is 12.8. The van der Waals surface area contributed by atoms with Crippen LogP contribution in [-0.4, -0.2) is 56.6 Å². The Morgan fingerprint density at radius 1 is 0.974 bits per heavy atom. The highest BCUT2D eigenvalue weighted by Crippen LogP contribution is 2.28. The number of aliphatic hydroxyl groups is 2. The monoisotopic (exact) mass is 554 g/mol. The van der Waals surface area contributed by atoms with Gasteiger partial charge in [-0.2, -0.15) is 0 Å². The number of hydrogen-bond donors (Lipinski definition) is 4. The lowest BCUT2D eigenvalue weighted by atomic mass is 10.0. The summed E-state index contributed by atoms with van der Waals surface area (Å²) in [7, 11) is -3.87. The molecule has 0 bridgehead atoms. The van der Waals surface area contributed by atoms with Gasteiger partial charge in [-0.15, -0.1) is 0 Å². The summed E-state index contributed by atoms with van der Waals surface area (Å²) in [5.74, 6) is -0.593. The fourth-order valence-electron chi connectivity index (χ4n) is 3.90. The first kappa shape index (κ1) is 30.3. The van der Waals surface area contributed by atoms with E-state index in [0.29, 0.717) is 18.9 Å². The quantitative estimate of drug-likeness (QED) is 0.211. The molecule has 3 aromatic rings. The molecule has 9 heteroatoms. The number of benzene rings is 3. The zero-order valence-electron chi connectivity index (χ0n) is 22.5. The minimum atomic E-state index is -3.87. The first-order chi connectivity index (χ1) is 18.7. The third-order valence-corrected chi connectivity index (χ3v) is 7.34. The number of aliphatic hydroxyl groups excluding tert-OH is 2. The van der Waals surface area contributed by atoms with E-state index >= 15 is 0 Å². The van der Waals surface area contributed by atoms with E-state index in [-0.39, 0.29) is 30.3 Å². The van der Waals surface area contributed by atoms with Crippen LogP contribution >= 0.6 is 0 Å². The van der Waals surface area contributed by atoms with Gasteiger partial charge in [-0.3, -0.25) is 4.79 Å². The van der Waals surface area contributed by atoms with Gasteiger partial charge in [0.25, 0.3) is 5.91 Å². The Hall–Kier alpha value is -3.24. The number of sulfonamides is 1. The number of nitrogens with one attached hydrogen (secondary N) is 2. The molecule has 0 spiro atoms. The van der Waals surface area contributed by atoms with Crippen LogP contribution in [0.4, 0.5) is 0 Å². The molecule has 39 heavy (non-hydrogen) atoms. The lowest BCUT2D eigenvalue weighted by Crippen LogP contribution is -2.33. The number of carbonyl (C=O) groups excluding carboxylic acids is 1. The van der Waals surface area contributed by atoms with Crippen LogP contribution in [0.2, 0.25) is 0 Å². The first-order valence-electron chi connectivity index (χ1n) is 13.1. The summed E-state index contributed by atoms with van der Waals surface area (Å²) in [6.45, 7) is 5.26. The predicted molar refractivity (Wildman–Crippen MR) is 153 cm³/mol. The number of ether oxygens (including phenoxy) is 1. The van der Waals surface area contributed by atoms with Crippen LogP contribution < -0.4 is 14.8 Å². The molecule has 3 aromatic carbocycles. The Morgan fingerprint density at radius 2 is 1.67 bits per heavy atom. The average molecular weight is 555 g/mol. The standard InChI is InChI=1S/C30H38N2O6S/c1-22(2)21-38-29-19-26(13-14-27(29)30(35)32-39(36,37)18-6-17-33)24-11-9-23(10-12-24)15-16-31-20-28(34)25-7-4-3-5-8-25/h3-5,7-14,19,22,28,31,33-34H,6,15-18,20-21H2,1-2H3,(H,32,35)/t28-/m1/s1. The van der Waals surface area contributed by atoms with Crippen LogP contribution in [0, 0.1) is 5.92 Å². The SMILES string of the molecule is CC(C)COc1cc(-c2ccc(CCNC[C@@H](O)c3ccccc3)cc2)ccc1C(=O)NS(=O)(=O)CCCO. The Morgan fingerprint density at radius 3 is 2.33 bits per heavy atom. The zero-order chi connectivity index (χ0) is 28.3. The number of carbonyl (C=O) groups is 1. The Kier molecular flexibility index (Phi) is 11.5. The van der Waals surface area contributed by atoms with Gasteiger partial charge in [0.1, 0.15) is 5.75 Å². The Balaban J connectivity index is 1.65. The van der Waals surface area contributed by atoms with Crippen molar-refractivity contribution >= 4 is 15.9 Å². The van der Waals surface area contributed by atoms with E-state index in [4.69, 9.17) is 9.84 Å². The van der Waals surface area contributed by atoms with Crippen LogP contribution in [-0.2, 0) is 16.4 Å². The average Bonchev–Trinajstić information content (AvgIpc) is 2.93. The normalized spacial score (nSPS) is 12.3. The highest BCUT2D eigenvalue weighted by atomic mass is 32.2. The minimum Gasteiger partial charge on any atom is -0.492 e. The maximum absolute atomic E-state index is 12.8. The van der Waals surface area contributed by atoms with Gasteiger partial charge in [-0.05, 0) is 59.7 Å². The maximum atomic E-state index is 12.8. The van der Waals surface area contributed by atoms with E-state index in [9.17, 15) is 18.3 Å². The Bertz CT molecular complexity index is 1290. The highest BCUT2D eigenvalue weighted by molar-refractivity contribution is 7.90. The molecule has 0 aliphatic rings. The van der Waals surface area contributed by atoms with E-state index in [0.717, 1.165) is 35.2 Å². The van der Waals surface area contributed by atoms with Crippen molar-refractivity contribution < 1.29 is 28.2 Å². The van der Waals surface area contributed by atoms with Crippen molar-refractivity contribution in [3.05, 3.63) is 89.5 Å². The maximum Gasteiger partial charge on any atom is 0.268 e. The van der Waals surface area contributed by atoms with Crippen molar-refractivity contribution in [3.8, 4) is 16.9 Å². The summed E-state index contributed by atoms with van der Waals surface area (Å²) in [5, 5.41) is 22.5. The molecule has 3 rings (SSSR count). The van der Waals surface area contributed by atoms with Crippen molar-refractivity contribution in [2.75, 3.05) is 32.1 Å². The van der Waals surface area contributed by atoms with E-state index in [1.165, 1.54) is 0 Å². The van der Waals surface area contributed by atoms with E-state index in [1.807, 2.05) is 68.4 Å². The molecule has 0 aliphatic carbocycles. The van der Waals surface area contributed by atoms with Gasteiger partial charge >= 0.3 is 0 Å². The third-order valence-electron chi connectivity index (χ3n) is 6.02. The van der Waals surface area contributed by atoms with Gasteiger partial charge in [-0.1, -0.05) is 74.5 Å². The molecule has 0 heterocycles. The summed E-state index contributed by atoms with van der Waals surface area (Å²) >= 11 is 0. The summed E-state index contributed by atoms with van der Waals surface area (Å²) < 4.78 is 32.3. The molecule has 0 saturated heterocycles. The van der Waals surface area contributed by atoms with Crippen LogP contribution in [0.5, 0.6) is 5.75 Å². The summed E-state index contributed by atoms with van der Waals surface area (Å²) in [6.07, 6.45) is 0.292. The molecule has 0 aromatic heterocycles. The van der Waals surface area contributed by atoms with Gasteiger partial charge in [0.2, 0.25) is 10.0 Å². The smallest absolute Gasteiger partial charge is 0.268 e. The van der Waals surface area contributed by atoms with Crippen LogP contribution in [0.15, 0.2) is 72.8 Å². The summed E-state index contributed by atoms with van der Waals surface area (Å²) in [6, 6.07) is 22.7. The van der Waals surface area contributed by atoms with Crippen molar-refractivity contribution in [1.82, 2.24) is 10.0 Å². The topological polar surface area (TPSA) is 125 Å². The highest BCUT2D eigenvalue weighted by Gasteiger charge is 2.20. The molecule has 8 nitrogen and oxygen atoms in total. The molecule has 210 valence electrons. The lowest BCUT2D eigenvalue weighted by Gasteiger charge is -2.15. The van der Waals surface area contributed by atoms with Crippen LogP contribution in [0.3, 0.4) is 0 Å². The van der Waals surface area contributed by atoms with Crippen molar-refractivity contribution in [1.29, 1.82) is 0 Å². The number of hydrogen-bond acceptors (Lipinski definition) is 7. The van der Waals surface area contributed by atoms with Crippen molar-refractivity contribution in [2.24, 2.45) is 5.92 Å². The van der Waals surface area contributed by atoms with Crippen molar-refractivity contribution in [2.45, 2.75) is 32.8 Å². The fourth-order valence-corrected chi connectivity index (χ4v) is 4.90. The molecule has 4 N–H and O–H groups in total. The second-order valence-corrected chi connectivity index (χ2v) is 11.7. The molecule has 0 aliphatic heterocycles. The van der Waals surface area contributed by atoms with E-state index < -0.39 is 22.0 Å². The third kappa shape index (κ3) is 9.78. The minimum absolute atomic E-state index is 0.0416. The lowest BCUT2D eigenvalue weighted by molar-refractivity contribution is 0.0976. The second-order valence-electron chi connectivity index (χ2n) is 9.82. The van der Waals surface area contributed by atoms with E-state index in [1.54, 1.807) is 18.2 Å². The van der Waals surface area contributed by atoms with Gasteiger partial charge in [0.15, 0.2) is 0 Å². The molecular formula is C30H38N2O6S. The van der Waals surface area contributed by atoms with E-state index in [2.05, 4.69) is 10.0 Å². The number of amides is 1. The molecule has 0 unspecified atom stereocenters. The van der Waals surface area contributed by atoms with Crippen LogP contribution in [0.1, 0.15) is 47.9 Å². The van der Waals surface area contributed by atoms with Crippen molar-refractivity contribution in [3.63, 3.8) is 0 Å². The van der Waals surface area contributed by atoms with Gasteiger partial charge in [0, 0.05) is 13.2 Å². The van der Waals surface area contributed by atoms with Gasteiger partial charge in [0.05, 0.1) is 24.0 Å². The van der Waals surface area contributed by atoms with Crippen LogP contribution in [0.25, 0.3) is 11.1 Å². The molecule has 0 fully saturated rings. The molecular weight excluding hydrogens is 516 g/mol. The van der Waals surface area contributed by atoms with Gasteiger partial charge in [-0.25, -0.2) is 13.1 Å². The summed E-state index contributed by atoms with van der Waals surface area (Å²) in [5.41, 5.74) is 3.93. The number of rotatable bonds is 15. The second kappa shape index (κ2) is 14.8. The molecule has 1 amide bonds. The zero-order valence-corrected chi connectivity index (χ0v) is 23.3. The predicted octanol–water partition coefficient (Wildman–Crippen LogP) is 3.70. The molecule has 1 atom stereocenters. The fraction of sp³-hybridized carbons (Fsp3) is 0.367.